The Morgan fingerprint density at radius 3 is 2.35 bits per heavy atom. The number of carbonyl (C=O) groups excluding carboxylic acids is 1. The molecule has 5 nitrogen and oxygen atoms in total. The standard InChI is InChI=1S/C17H20N2O3S/c1-10(2)11(3)18-17(22)19-13-9-14(23-15(13)16(20)21)12-7-5-4-6-8-12/h4-11H,1-3H3,(H,20,21)(H2,18,19,22). The van der Waals surface area contributed by atoms with Crippen LogP contribution in [0.4, 0.5) is 10.5 Å². The molecule has 23 heavy (non-hydrogen) atoms. The van der Waals surface area contributed by atoms with E-state index < -0.39 is 12.0 Å². The fourth-order valence-electron chi connectivity index (χ4n) is 1.92. The lowest BCUT2D eigenvalue weighted by atomic mass is 10.1. The summed E-state index contributed by atoms with van der Waals surface area (Å²) in [6, 6.07) is 10.8. The largest absolute Gasteiger partial charge is 0.477 e. The number of amides is 2. The highest BCUT2D eigenvalue weighted by atomic mass is 32.1. The number of carboxylic acid groups (broad SMARTS) is 1. The topological polar surface area (TPSA) is 78.4 Å². The molecular weight excluding hydrogens is 312 g/mol. The zero-order valence-corrected chi connectivity index (χ0v) is 14.1. The third kappa shape index (κ3) is 4.32. The molecule has 2 amide bonds. The first-order valence-corrected chi connectivity index (χ1v) is 8.20. The van der Waals surface area contributed by atoms with E-state index in [2.05, 4.69) is 10.6 Å². The van der Waals surface area contributed by atoms with E-state index in [0.29, 0.717) is 11.6 Å². The average Bonchev–Trinajstić information content (AvgIpc) is 2.92. The SMILES string of the molecule is CC(C)C(C)NC(=O)Nc1cc(-c2ccccc2)sc1C(=O)O. The zero-order chi connectivity index (χ0) is 17.0. The molecule has 0 saturated carbocycles. The Labute approximate surface area is 139 Å². The van der Waals surface area contributed by atoms with Crippen molar-refractivity contribution < 1.29 is 14.7 Å². The summed E-state index contributed by atoms with van der Waals surface area (Å²) in [6.07, 6.45) is 0. The Hall–Kier alpha value is -2.34. The van der Waals surface area contributed by atoms with Gasteiger partial charge >= 0.3 is 12.0 Å². The van der Waals surface area contributed by atoms with Gasteiger partial charge in [-0.25, -0.2) is 9.59 Å². The quantitative estimate of drug-likeness (QED) is 0.764. The summed E-state index contributed by atoms with van der Waals surface area (Å²) < 4.78 is 0. The van der Waals surface area contributed by atoms with Crippen molar-refractivity contribution in [1.82, 2.24) is 5.32 Å². The first-order valence-electron chi connectivity index (χ1n) is 7.38. The number of rotatable bonds is 5. The molecule has 1 heterocycles. The summed E-state index contributed by atoms with van der Waals surface area (Å²) in [7, 11) is 0. The number of carboxylic acids is 1. The third-order valence-corrected chi connectivity index (χ3v) is 4.76. The van der Waals surface area contributed by atoms with Crippen molar-refractivity contribution in [2.24, 2.45) is 5.92 Å². The summed E-state index contributed by atoms with van der Waals surface area (Å²) in [5, 5.41) is 14.8. The van der Waals surface area contributed by atoms with Crippen molar-refractivity contribution in [1.29, 1.82) is 0 Å². The van der Waals surface area contributed by atoms with Crippen LogP contribution in [-0.4, -0.2) is 23.1 Å². The van der Waals surface area contributed by atoms with E-state index in [1.165, 1.54) is 0 Å². The molecule has 1 aromatic carbocycles. The maximum Gasteiger partial charge on any atom is 0.348 e. The monoisotopic (exact) mass is 332 g/mol. The summed E-state index contributed by atoms with van der Waals surface area (Å²) in [6.45, 7) is 5.92. The molecule has 6 heteroatoms. The molecule has 0 bridgehead atoms. The molecule has 0 fully saturated rings. The van der Waals surface area contributed by atoms with Crippen LogP contribution in [-0.2, 0) is 0 Å². The minimum absolute atomic E-state index is 0.00416. The van der Waals surface area contributed by atoms with Gasteiger partial charge in [-0.15, -0.1) is 11.3 Å². The van der Waals surface area contributed by atoms with E-state index in [1.807, 2.05) is 51.1 Å². The maximum atomic E-state index is 12.0. The van der Waals surface area contributed by atoms with E-state index in [4.69, 9.17) is 0 Å². The van der Waals surface area contributed by atoms with Crippen molar-refractivity contribution in [2.45, 2.75) is 26.8 Å². The van der Waals surface area contributed by atoms with Crippen LogP contribution in [0.15, 0.2) is 36.4 Å². The van der Waals surface area contributed by atoms with Gasteiger partial charge < -0.3 is 15.7 Å². The normalized spacial score (nSPS) is 12.0. The number of urea groups is 1. The van der Waals surface area contributed by atoms with Crippen molar-refractivity contribution in [2.75, 3.05) is 5.32 Å². The predicted octanol–water partition coefficient (Wildman–Crippen LogP) is 4.28. The van der Waals surface area contributed by atoms with E-state index in [1.54, 1.807) is 6.07 Å². The van der Waals surface area contributed by atoms with Crippen LogP contribution in [0.1, 0.15) is 30.4 Å². The first kappa shape index (κ1) is 17.0. The Balaban J connectivity index is 2.22. The third-order valence-electron chi connectivity index (χ3n) is 3.59. The molecule has 1 unspecified atom stereocenters. The smallest absolute Gasteiger partial charge is 0.348 e. The molecule has 3 N–H and O–H groups in total. The van der Waals surface area contributed by atoms with E-state index in [9.17, 15) is 14.7 Å². The fourth-order valence-corrected chi connectivity index (χ4v) is 2.88. The van der Waals surface area contributed by atoms with Gasteiger partial charge in [-0.3, -0.25) is 0 Å². The second-order valence-corrected chi connectivity index (χ2v) is 6.71. The van der Waals surface area contributed by atoms with Gasteiger partial charge in [0.2, 0.25) is 0 Å². The van der Waals surface area contributed by atoms with Crippen molar-refractivity contribution in [3.63, 3.8) is 0 Å². The van der Waals surface area contributed by atoms with Gasteiger partial charge in [0.05, 0.1) is 5.69 Å². The highest BCUT2D eigenvalue weighted by Crippen LogP contribution is 2.34. The minimum atomic E-state index is -1.05. The zero-order valence-electron chi connectivity index (χ0n) is 13.3. The molecule has 122 valence electrons. The Kier molecular flexibility index (Phi) is 5.39. The number of benzene rings is 1. The minimum Gasteiger partial charge on any atom is -0.477 e. The lowest BCUT2D eigenvalue weighted by Gasteiger charge is -2.17. The summed E-state index contributed by atoms with van der Waals surface area (Å²) in [5.74, 6) is -0.758. The van der Waals surface area contributed by atoms with E-state index in [0.717, 1.165) is 21.8 Å². The number of carbonyl (C=O) groups is 2. The average molecular weight is 332 g/mol. The van der Waals surface area contributed by atoms with Crippen LogP contribution >= 0.6 is 11.3 Å². The molecule has 0 aliphatic heterocycles. The Morgan fingerprint density at radius 1 is 1.13 bits per heavy atom. The highest BCUT2D eigenvalue weighted by Gasteiger charge is 2.19. The van der Waals surface area contributed by atoms with Gasteiger partial charge in [-0.2, -0.15) is 0 Å². The molecule has 2 aromatic rings. The van der Waals surface area contributed by atoms with Crippen LogP contribution in [0.3, 0.4) is 0 Å². The second-order valence-electron chi connectivity index (χ2n) is 5.66. The highest BCUT2D eigenvalue weighted by molar-refractivity contribution is 7.18. The number of thiophene rings is 1. The van der Waals surface area contributed by atoms with Gasteiger partial charge in [-0.05, 0) is 24.5 Å². The van der Waals surface area contributed by atoms with Crippen LogP contribution < -0.4 is 10.6 Å². The first-order chi connectivity index (χ1) is 10.9. The summed E-state index contributed by atoms with van der Waals surface area (Å²) in [5.41, 5.74) is 1.24. The molecule has 0 radical (unpaired) electrons. The van der Waals surface area contributed by atoms with E-state index in [-0.39, 0.29) is 10.9 Å². The number of anilines is 1. The second kappa shape index (κ2) is 7.28. The van der Waals surface area contributed by atoms with Crippen LogP contribution in [0.25, 0.3) is 10.4 Å². The van der Waals surface area contributed by atoms with Crippen molar-refractivity contribution >= 4 is 29.0 Å². The molecule has 0 spiro atoms. The molecule has 0 aliphatic carbocycles. The van der Waals surface area contributed by atoms with Crippen LogP contribution in [0.2, 0.25) is 0 Å². The lowest BCUT2D eigenvalue weighted by Crippen LogP contribution is -2.39. The predicted molar refractivity (Wildman–Crippen MR) is 93.2 cm³/mol. The molecule has 0 saturated heterocycles. The summed E-state index contributed by atoms with van der Waals surface area (Å²) in [4.78, 5) is 24.4. The Morgan fingerprint density at radius 2 is 1.78 bits per heavy atom. The van der Waals surface area contributed by atoms with E-state index >= 15 is 0 Å². The molecule has 1 aromatic heterocycles. The van der Waals surface area contributed by atoms with Gasteiger partial charge in [0.15, 0.2) is 0 Å². The lowest BCUT2D eigenvalue weighted by molar-refractivity contribution is 0.0703. The number of hydrogen-bond acceptors (Lipinski definition) is 3. The molecule has 1 atom stereocenters. The molecule has 2 rings (SSSR count). The van der Waals surface area contributed by atoms with Crippen LogP contribution in [0, 0.1) is 5.92 Å². The Bertz CT molecular complexity index is 695. The van der Waals surface area contributed by atoms with Gasteiger partial charge in [0, 0.05) is 10.9 Å². The summed E-state index contributed by atoms with van der Waals surface area (Å²) >= 11 is 1.15. The van der Waals surface area contributed by atoms with Crippen molar-refractivity contribution in [3.8, 4) is 10.4 Å². The molecular formula is C17H20N2O3S. The fraction of sp³-hybridized carbons (Fsp3) is 0.294. The van der Waals surface area contributed by atoms with Gasteiger partial charge in [-0.1, -0.05) is 44.2 Å². The van der Waals surface area contributed by atoms with Crippen molar-refractivity contribution in [3.05, 3.63) is 41.3 Å². The number of aromatic carboxylic acids is 1. The van der Waals surface area contributed by atoms with Gasteiger partial charge in [0.1, 0.15) is 4.88 Å². The molecule has 0 aliphatic rings. The maximum absolute atomic E-state index is 12.0. The number of hydrogen-bond donors (Lipinski definition) is 3. The van der Waals surface area contributed by atoms with Crippen LogP contribution in [0.5, 0.6) is 0 Å². The number of nitrogens with one attached hydrogen (secondary N) is 2. The van der Waals surface area contributed by atoms with Gasteiger partial charge in [0.25, 0.3) is 0 Å².